The number of piperidine rings is 1. The molecule has 2 aromatic rings. The van der Waals surface area contributed by atoms with Crippen molar-refractivity contribution in [1.82, 2.24) is 15.0 Å². The first-order valence-corrected chi connectivity index (χ1v) is 10.3. The number of hydrogen-bond acceptors (Lipinski definition) is 6. The molecule has 5 nitrogen and oxygen atoms in total. The van der Waals surface area contributed by atoms with Crippen LogP contribution in [0.4, 0.5) is 0 Å². The van der Waals surface area contributed by atoms with E-state index < -0.39 is 0 Å². The molecule has 1 atom stereocenters. The summed E-state index contributed by atoms with van der Waals surface area (Å²) >= 11 is 1.94. The minimum atomic E-state index is 0.344. The van der Waals surface area contributed by atoms with E-state index in [4.69, 9.17) is 9.26 Å². The van der Waals surface area contributed by atoms with E-state index in [9.17, 15) is 0 Å². The Hall–Kier alpha value is -1.24. The van der Waals surface area contributed by atoms with Gasteiger partial charge in [-0.15, -0.1) is 11.3 Å². The summed E-state index contributed by atoms with van der Waals surface area (Å²) in [6.07, 6.45) is 7.43. The molecule has 2 aromatic heterocycles. The Morgan fingerprint density at radius 3 is 2.80 bits per heavy atom. The first-order chi connectivity index (χ1) is 12.3. The lowest BCUT2D eigenvalue weighted by atomic mass is 9.93. The molecule has 6 heteroatoms. The summed E-state index contributed by atoms with van der Waals surface area (Å²) in [4.78, 5) is 9.80. The number of thiophene rings is 1. The van der Waals surface area contributed by atoms with Crippen molar-refractivity contribution in [3.05, 3.63) is 33.6 Å². The number of aryl methyl sites for hydroxylation is 1. The van der Waals surface area contributed by atoms with Crippen LogP contribution in [0.25, 0.3) is 0 Å². The monoisotopic (exact) mass is 361 g/mol. The van der Waals surface area contributed by atoms with E-state index >= 15 is 0 Å². The van der Waals surface area contributed by atoms with Crippen molar-refractivity contribution in [3.8, 4) is 0 Å². The molecule has 0 bridgehead atoms. The largest absolute Gasteiger partial charge is 0.373 e. The number of likely N-dealkylation sites (tertiary alicyclic amines) is 1. The third-order valence-electron chi connectivity index (χ3n) is 5.31. The third-order valence-corrected chi connectivity index (χ3v) is 6.47. The maximum atomic E-state index is 5.92. The van der Waals surface area contributed by atoms with Crippen LogP contribution in [0, 0.1) is 12.8 Å². The van der Waals surface area contributed by atoms with Crippen LogP contribution in [0.5, 0.6) is 0 Å². The molecule has 2 aliphatic rings. The fourth-order valence-corrected chi connectivity index (χ4v) is 5.01. The van der Waals surface area contributed by atoms with Gasteiger partial charge in [0.2, 0.25) is 5.89 Å². The van der Waals surface area contributed by atoms with Crippen LogP contribution >= 0.6 is 11.3 Å². The van der Waals surface area contributed by atoms with Crippen molar-refractivity contribution >= 4 is 11.3 Å². The van der Waals surface area contributed by atoms with Gasteiger partial charge >= 0.3 is 0 Å². The Morgan fingerprint density at radius 1 is 1.20 bits per heavy atom. The van der Waals surface area contributed by atoms with E-state index in [0.717, 1.165) is 38.5 Å². The lowest BCUT2D eigenvalue weighted by molar-refractivity contribution is 0.0172. The van der Waals surface area contributed by atoms with Crippen molar-refractivity contribution < 1.29 is 9.26 Å². The highest BCUT2D eigenvalue weighted by atomic mass is 32.1. The van der Waals surface area contributed by atoms with Gasteiger partial charge in [-0.2, -0.15) is 4.98 Å². The molecular weight excluding hydrogens is 334 g/mol. The van der Waals surface area contributed by atoms with Crippen LogP contribution in [0.15, 0.2) is 16.7 Å². The predicted molar refractivity (Wildman–Crippen MR) is 97.6 cm³/mol. The van der Waals surface area contributed by atoms with Gasteiger partial charge in [-0.25, -0.2) is 0 Å². The summed E-state index contributed by atoms with van der Waals surface area (Å²) < 4.78 is 11.0. The molecule has 0 unspecified atom stereocenters. The molecule has 4 rings (SSSR count). The second kappa shape index (κ2) is 7.98. The third kappa shape index (κ3) is 4.49. The average Bonchev–Trinajstić information content (AvgIpc) is 3.27. The van der Waals surface area contributed by atoms with Crippen LogP contribution in [-0.4, -0.2) is 34.7 Å². The second-order valence-corrected chi connectivity index (χ2v) is 8.51. The van der Waals surface area contributed by atoms with Crippen molar-refractivity contribution in [3.63, 3.8) is 0 Å². The molecule has 0 aliphatic carbocycles. The summed E-state index contributed by atoms with van der Waals surface area (Å²) in [5, 5.41) is 4.03. The zero-order chi connectivity index (χ0) is 17.1. The van der Waals surface area contributed by atoms with Crippen molar-refractivity contribution in [2.75, 3.05) is 19.7 Å². The molecule has 0 N–H and O–H groups in total. The molecule has 2 aliphatic heterocycles. The highest BCUT2D eigenvalue weighted by Gasteiger charge is 2.22. The quantitative estimate of drug-likeness (QED) is 0.801. The molecule has 4 heterocycles. The Balaban J connectivity index is 1.25. The standard InChI is InChI=1S/C19H27N3O2S/c1-14-20-19(21-24-14)12-15-7-9-22(10-8-15)13-16-5-6-18(25-16)17-4-2-3-11-23-17/h5-6,15,17H,2-4,7-13H2,1H3/t17-/m0/s1. The van der Waals surface area contributed by atoms with E-state index in [-0.39, 0.29) is 0 Å². The number of rotatable bonds is 5. The molecule has 0 aromatic carbocycles. The van der Waals surface area contributed by atoms with Gasteiger partial charge in [-0.05, 0) is 63.2 Å². The lowest BCUT2D eigenvalue weighted by Gasteiger charge is -2.31. The van der Waals surface area contributed by atoms with Gasteiger partial charge in [-0.1, -0.05) is 5.16 Å². The Bertz CT molecular complexity index is 670. The van der Waals surface area contributed by atoms with Gasteiger partial charge in [0, 0.05) is 36.3 Å². The molecule has 2 saturated heterocycles. The van der Waals surface area contributed by atoms with E-state index in [1.807, 2.05) is 18.3 Å². The molecule has 25 heavy (non-hydrogen) atoms. The minimum Gasteiger partial charge on any atom is -0.373 e. The highest BCUT2D eigenvalue weighted by molar-refractivity contribution is 7.12. The van der Waals surface area contributed by atoms with Gasteiger partial charge in [0.05, 0.1) is 6.10 Å². The van der Waals surface area contributed by atoms with Crippen molar-refractivity contribution in [2.45, 2.75) is 58.1 Å². The number of hydrogen-bond donors (Lipinski definition) is 0. The van der Waals surface area contributed by atoms with Crippen LogP contribution < -0.4 is 0 Å². The molecule has 2 fully saturated rings. The predicted octanol–water partition coefficient (Wildman–Crippen LogP) is 4.14. The molecule has 136 valence electrons. The summed E-state index contributed by atoms with van der Waals surface area (Å²) in [6, 6.07) is 4.58. The smallest absolute Gasteiger partial charge is 0.223 e. The van der Waals surface area contributed by atoms with Crippen LogP contribution in [0.1, 0.15) is 59.7 Å². The van der Waals surface area contributed by atoms with Gasteiger partial charge in [-0.3, -0.25) is 4.90 Å². The van der Waals surface area contributed by atoms with Crippen molar-refractivity contribution in [1.29, 1.82) is 0 Å². The number of ether oxygens (including phenoxy) is 1. The maximum absolute atomic E-state index is 5.92. The number of nitrogens with zero attached hydrogens (tertiary/aromatic N) is 3. The lowest BCUT2D eigenvalue weighted by Crippen LogP contribution is -2.33. The normalized spacial score (nSPS) is 23.2. The average molecular weight is 362 g/mol. The van der Waals surface area contributed by atoms with Crippen LogP contribution in [0.3, 0.4) is 0 Å². The first-order valence-electron chi connectivity index (χ1n) is 9.48. The van der Waals surface area contributed by atoms with Gasteiger partial charge < -0.3 is 9.26 Å². The molecule has 0 radical (unpaired) electrons. The summed E-state index contributed by atoms with van der Waals surface area (Å²) in [5.74, 6) is 2.22. The summed E-state index contributed by atoms with van der Waals surface area (Å²) in [6.45, 7) is 6.17. The fourth-order valence-electron chi connectivity index (χ4n) is 3.87. The first kappa shape index (κ1) is 17.2. The molecule has 0 spiro atoms. The molecular formula is C19H27N3O2S. The van der Waals surface area contributed by atoms with Crippen molar-refractivity contribution in [2.24, 2.45) is 5.92 Å². The zero-order valence-electron chi connectivity index (χ0n) is 14.9. The maximum Gasteiger partial charge on any atom is 0.223 e. The fraction of sp³-hybridized carbons (Fsp3) is 0.684. The van der Waals surface area contributed by atoms with E-state index in [1.165, 1.54) is 41.9 Å². The molecule has 0 amide bonds. The zero-order valence-corrected chi connectivity index (χ0v) is 15.8. The van der Waals surface area contributed by atoms with Crippen LogP contribution in [-0.2, 0) is 17.7 Å². The molecule has 0 saturated carbocycles. The summed E-state index contributed by atoms with van der Waals surface area (Å²) in [7, 11) is 0. The Labute approximate surface area is 153 Å². The minimum absolute atomic E-state index is 0.344. The highest BCUT2D eigenvalue weighted by Crippen LogP contribution is 2.33. The topological polar surface area (TPSA) is 51.4 Å². The van der Waals surface area contributed by atoms with Gasteiger partial charge in [0.1, 0.15) is 0 Å². The van der Waals surface area contributed by atoms with Gasteiger partial charge in [0.15, 0.2) is 5.82 Å². The SMILES string of the molecule is Cc1nc(CC2CCN(Cc3ccc([C@@H]4CCCCO4)s3)CC2)no1. The summed E-state index contributed by atoms with van der Waals surface area (Å²) in [5.41, 5.74) is 0. The van der Waals surface area contributed by atoms with E-state index in [0.29, 0.717) is 17.9 Å². The van der Waals surface area contributed by atoms with Gasteiger partial charge in [0.25, 0.3) is 0 Å². The van der Waals surface area contributed by atoms with Crippen LogP contribution in [0.2, 0.25) is 0 Å². The van der Waals surface area contributed by atoms with E-state index in [1.54, 1.807) is 0 Å². The Morgan fingerprint density at radius 2 is 2.08 bits per heavy atom. The second-order valence-electron chi connectivity index (χ2n) is 7.31. The number of aromatic nitrogens is 2. The Kier molecular flexibility index (Phi) is 5.48. The van der Waals surface area contributed by atoms with E-state index in [2.05, 4.69) is 27.2 Å².